The molecule has 198 valence electrons. The lowest BCUT2D eigenvalue weighted by Crippen LogP contribution is -2.47. The van der Waals surface area contributed by atoms with Crippen molar-refractivity contribution in [3.63, 3.8) is 0 Å². The average Bonchev–Trinajstić information content (AvgIpc) is 3.39. The van der Waals surface area contributed by atoms with Gasteiger partial charge in [0.05, 0.1) is 5.56 Å². The number of quaternary nitrogens is 1. The molecule has 0 aliphatic carbocycles. The number of carbonyl (C=O) groups excluding carboxylic acids is 2. The Morgan fingerprint density at radius 3 is 2.35 bits per heavy atom. The Kier molecular flexibility index (Phi) is 7.52. The van der Waals surface area contributed by atoms with E-state index in [9.17, 15) is 19.5 Å². The summed E-state index contributed by atoms with van der Waals surface area (Å²) in [5.41, 5.74) is 1.27. The van der Waals surface area contributed by atoms with Crippen molar-refractivity contribution in [3.05, 3.63) is 51.9 Å². The van der Waals surface area contributed by atoms with Crippen LogP contribution in [0.2, 0.25) is 0 Å². The number of ether oxygens (including phenoxy) is 1. The van der Waals surface area contributed by atoms with Crippen LogP contribution in [0.5, 0.6) is 0 Å². The van der Waals surface area contributed by atoms with Gasteiger partial charge in [-0.1, -0.05) is 28.1 Å². The summed E-state index contributed by atoms with van der Waals surface area (Å²) in [5, 5.41) is 17.5. The van der Waals surface area contributed by atoms with Gasteiger partial charge < -0.3 is 20.1 Å². The number of carboxylic acid groups (broad SMARTS) is 1. The van der Waals surface area contributed by atoms with Gasteiger partial charge in [-0.25, -0.2) is 4.79 Å². The quantitative estimate of drug-likeness (QED) is 0.451. The number of benzene rings is 1. The Hall–Kier alpha value is -3.12. The molecule has 2 N–H and O–H groups in total. The summed E-state index contributed by atoms with van der Waals surface area (Å²) in [5.74, 6) is -0.827. The van der Waals surface area contributed by atoms with Crippen molar-refractivity contribution < 1.29 is 24.2 Å². The molecule has 1 saturated heterocycles. The van der Waals surface area contributed by atoms with Gasteiger partial charge in [-0.15, -0.1) is 0 Å². The number of rotatable bonds is 5. The van der Waals surface area contributed by atoms with Gasteiger partial charge in [0.25, 0.3) is 5.91 Å². The van der Waals surface area contributed by atoms with E-state index in [0.29, 0.717) is 16.1 Å². The second kappa shape index (κ2) is 10.3. The molecule has 1 aromatic heterocycles. The lowest BCUT2D eigenvalue weighted by Gasteiger charge is -2.32. The summed E-state index contributed by atoms with van der Waals surface area (Å²) >= 11 is 1.02. The fraction of sp³-hybridized carbons (Fsp3) is 0.462. The van der Waals surface area contributed by atoms with E-state index < -0.39 is 28.2 Å². The summed E-state index contributed by atoms with van der Waals surface area (Å²) in [6.07, 6.45) is -1.20. The first-order valence-electron chi connectivity index (χ1n) is 12.3. The standard InChI is InChI=1S/C26H33N5O5S/c1-6-31(25(34)35)23-19(15-20(37-23)24(33)36-26(2,3)4)21(28-31)27-22(32)18-9-7-17(8-10-18)16-30-13-11-29(5)12-14-30/h7-10,15H,6,11-14,16H2,1-5H3,(H-,27,28,32,34,35)/p+1. The first-order valence-corrected chi connectivity index (χ1v) is 13.1. The number of likely N-dealkylation sites (N-methyl/N-ethyl adjacent to an activating group) is 1. The van der Waals surface area contributed by atoms with Crippen LogP contribution in [0, 0.1) is 0 Å². The molecule has 1 atom stereocenters. The van der Waals surface area contributed by atoms with E-state index in [1.165, 1.54) is 0 Å². The van der Waals surface area contributed by atoms with Crippen LogP contribution >= 0.6 is 11.3 Å². The maximum Gasteiger partial charge on any atom is 0.547 e. The molecule has 0 bridgehead atoms. The van der Waals surface area contributed by atoms with E-state index in [0.717, 1.165) is 49.6 Å². The number of hydrogen-bond donors (Lipinski definition) is 2. The zero-order valence-electron chi connectivity index (χ0n) is 21.9. The van der Waals surface area contributed by atoms with Crippen molar-refractivity contribution in [2.45, 2.75) is 39.8 Å². The zero-order chi connectivity index (χ0) is 27.0. The number of nitrogens with one attached hydrogen (secondary N) is 1. The molecular formula is C26H34N5O5S+. The van der Waals surface area contributed by atoms with Crippen molar-refractivity contribution in [3.8, 4) is 0 Å². The number of fused-ring (bicyclic) bond motifs is 1. The first kappa shape index (κ1) is 26.9. The topological polar surface area (TPSA) is 112 Å². The number of hydrogen-bond acceptors (Lipinski definition) is 8. The molecule has 11 heteroatoms. The van der Waals surface area contributed by atoms with E-state index in [1.807, 2.05) is 12.1 Å². The molecule has 1 fully saturated rings. The molecule has 1 unspecified atom stereocenters. The fourth-order valence-electron chi connectivity index (χ4n) is 4.30. The Bertz CT molecular complexity index is 1220. The van der Waals surface area contributed by atoms with Gasteiger partial charge >= 0.3 is 12.1 Å². The molecule has 0 saturated carbocycles. The predicted molar refractivity (Wildman–Crippen MR) is 143 cm³/mol. The van der Waals surface area contributed by atoms with Crippen LogP contribution in [-0.2, 0) is 11.3 Å². The van der Waals surface area contributed by atoms with Gasteiger partial charge in [-0.2, -0.15) is 4.79 Å². The van der Waals surface area contributed by atoms with Crippen molar-refractivity contribution in [1.29, 1.82) is 0 Å². The number of nitrogens with zero attached hydrogens (tertiary/aromatic N) is 4. The Labute approximate surface area is 220 Å². The van der Waals surface area contributed by atoms with E-state index in [-0.39, 0.29) is 17.3 Å². The lowest BCUT2D eigenvalue weighted by atomic mass is 10.1. The van der Waals surface area contributed by atoms with Crippen LogP contribution in [-0.4, -0.2) is 84.1 Å². The van der Waals surface area contributed by atoms with Crippen molar-refractivity contribution >= 4 is 40.1 Å². The minimum atomic E-state index is -1.20. The average molecular weight is 529 g/mol. The second-order valence-corrected chi connectivity index (χ2v) is 11.4. The normalized spacial score (nSPS) is 20.3. The molecule has 2 aliphatic rings. The molecule has 2 aliphatic heterocycles. The van der Waals surface area contributed by atoms with Crippen LogP contribution in [0.3, 0.4) is 0 Å². The van der Waals surface area contributed by atoms with Gasteiger partial charge in [0, 0.05) is 38.3 Å². The third kappa shape index (κ3) is 5.74. The van der Waals surface area contributed by atoms with Gasteiger partial charge in [0.2, 0.25) is 10.8 Å². The van der Waals surface area contributed by atoms with Crippen LogP contribution in [0.4, 0.5) is 9.80 Å². The van der Waals surface area contributed by atoms with Crippen LogP contribution in [0.1, 0.15) is 58.9 Å². The molecule has 37 heavy (non-hydrogen) atoms. The van der Waals surface area contributed by atoms with Gasteiger partial charge in [-0.3, -0.25) is 9.69 Å². The van der Waals surface area contributed by atoms with Crippen LogP contribution < -0.4 is 9.91 Å². The van der Waals surface area contributed by atoms with E-state index >= 15 is 0 Å². The molecule has 1 aromatic carbocycles. The summed E-state index contributed by atoms with van der Waals surface area (Å²) in [6, 6.07) is 8.94. The summed E-state index contributed by atoms with van der Waals surface area (Å²) < 4.78 is 4.72. The Morgan fingerprint density at radius 2 is 1.78 bits per heavy atom. The highest BCUT2D eigenvalue weighted by molar-refractivity contribution is 7.18. The zero-order valence-corrected chi connectivity index (χ0v) is 22.7. The van der Waals surface area contributed by atoms with E-state index in [2.05, 4.69) is 27.3 Å². The van der Waals surface area contributed by atoms with Gasteiger partial charge in [0.15, 0.2) is 0 Å². The highest BCUT2D eigenvalue weighted by atomic mass is 32.1. The second-order valence-electron chi connectivity index (χ2n) is 10.4. The van der Waals surface area contributed by atoms with E-state index in [4.69, 9.17) is 4.74 Å². The predicted octanol–water partition coefficient (Wildman–Crippen LogP) is 3.56. The number of esters is 1. The minimum Gasteiger partial charge on any atom is -0.456 e. The van der Waals surface area contributed by atoms with Crippen molar-refractivity contribution in [2.75, 3.05) is 39.8 Å². The molecule has 2 aromatic rings. The molecule has 4 rings (SSSR count). The molecule has 3 heterocycles. The molecule has 0 radical (unpaired) electrons. The van der Waals surface area contributed by atoms with Gasteiger partial charge in [-0.05, 0) is 63.6 Å². The third-order valence-corrected chi connectivity index (χ3v) is 7.62. The monoisotopic (exact) mass is 528 g/mol. The highest BCUT2D eigenvalue weighted by Gasteiger charge is 2.50. The smallest absolute Gasteiger partial charge is 0.456 e. The summed E-state index contributed by atoms with van der Waals surface area (Å²) in [6.45, 7) is 12.0. The molecular weight excluding hydrogens is 494 g/mol. The maximum absolute atomic E-state index is 13.1. The van der Waals surface area contributed by atoms with Crippen LogP contribution in [0.25, 0.3) is 0 Å². The number of amidine groups is 1. The largest absolute Gasteiger partial charge is 0.547 e. The Balaban J connectivity index is 1.53. The van der Waals surface area contributed by atoms with Crippen LogP contribution in [0.15, 0.2) is 35.4 Å². The van der Waals surface area contributed by atoms with E-state index in [1.54, 1.807) is 45.9 Å². The minimum absolute atomic E-state index is 0.108. The third-order valence-electron chi connectivity index (χ3n) is 6.40. The SMILES string of the molecule is CC[N+]1(C(=O)O)N=C(NC(=O)c2ccc(CN3CCN(C)CC3)cc2)c2cc(C(=O)OC(C)(C)C)sc21. The van der Waals surface area contributed by atoms with Gasteiger partial charge in [0.1, 0.15) is 17.0 Å². The number of piperazine rings is 1. The molecule has 2 amide bonds. The lowest BCUT2D eigenvalue weighted by molar-refractivity contribution is 0.00749. The first-order chi connectivity index (χ1) is 17.4. The fourth-order valence-corrected chi connectivity index (χ4v) is 5.48. The Morgan fingerprint density at radius 1 is 1.14 bits per heavy atom. The molecule has 10 nitrogen and oxygen atoms in total. The maximum atomic E-state index is 13.1. The van der Waals surface area contributed by atoms with Crippen molar-refractivity contribution in [2.24, 2.45) is 5.10 Å². The molecule has 0 spiro atoms. The van der Waals surface area contributed by atoms with Crippen molar-refractivity contribution in [1.82, 2.24) is 19.7 Å². The highest BCUT2D eigenvalue weighted by Crippen LogP contribution is 2.42. The summed E-state index contributed by atoms with van der Waals surface area (Å²) in [7, 11) is 2.12. The number of carbonyl (C=O) groups is 3. The number of amides is 2. The summed E-state index contributed by atoms with van der Waals surface area (Å²) in [4.78, 5) is 43.0. The number of thiophene rings is 1.